The van der Waals surface area contributed by atoms with Crippen LogP contribution in [0.25, 0.3) is 0 Å². The Kier molecular flexibility index (Phi) is 3.49. The van der Waals surface area contributed by atoms with Crippen LogP contribution >= 0.6 is 0 Å². The Labute approximate surface area is 83.8 Å². The van der Waals surface area contributed by atoms with Gasteiger partial charge in [-0.3, -0.25) is 0 Å². The molecule has 0 amide bonds. The van der Waals surface area contributed by atoms with E-state index in [1.807, 2.05) is 12.1 Å². The third-order valence-electron chi connectivity index (χ3n) is 2.10. The summed E-state index contributed by atoms with van der Waals surface area (Å²) in [7, 11) is 0. The van der Waals surface area contributed by atoms with Gasteiger partial charge in [0.1, 0.15) is 11.8 Å². The summed E-state index contributed by atoms with van der Waals surface area (Å²) in [5.74, 6) is 0.0962. The minimum Gasteiger partial charge on any atom is -0.508 e. The molecular weight excluding hydrogens is 176 g/mol. The lowest BCUT2D eigenvalue weighted by molar-refractivity contribution is 0.466. The highest BCUT2D eigenvalue weighted by Gasteiger charge is 2.10. The molecule has 14 heavy (non-hydrogen) atoms. The van der Waals surface area contributed by atoms with Crippen molar-refractivity contribution >= 4 is 0 Å². The van der Waals surface area contributed by atoms with Gasteiger partial charge in [-0.1, -0.05) is 19.4 Å². The van der Waals surface area contributed by atoms with Gasteiger partial charge in [0, 0.05) is 5.56 Å². The second-order valence-electron chi connectivity index (χ2n) is 3.25. The number of nitrogens with zero attached hydrogens (tertiary/aromatic N) is 1. The van der Waals surface area contributed by atoms with Gasteiger partial charge in [0.15, 0.2) is 0 Å². The van der Waals surface area contributed by atoms with Crippen molar-refractivity contribution in [1.29, 1.82) is 5.26 Å². The third-order valence-corrected chi connectivity index (χ3v) is 2.10. The smallest absolute Gasteiger partial charge is 0.122 e. The number of benzene rings is 1. The Bertz CT molecular complexity index is 355. The Morgan fingerprint density at radius 2 is 2.29 bits per heavy atom. The van der Waals surface area contributed by atoms with E-state index in [1.54, 1.807) is 12.1 Å². The van der Waals surface area contributed by atoms with Crippen LogP contribution in [0.15, 0.2) is 18.2 Å². The van der Waals surface area contributed by atoms with E-state index in [0.717, 1.165) is 18.4 Å². The number of nitriles is 1. The highest BCUT2D eigenvalue weighted by molar-refractivity contribution is 5.40. The molecule has 0 bridgehead atoms. The first-order valence-corrected chi connectivity index (χ1v) is 4.66. The van der Waals surface area contributed by atoms with Crippen molar-refractivity contribution in [3.8, 4) is 11.8 Å². The molecule has 1 atom stereocenters. The normalized spacial score (nSPS) is 12.1. The first kappa shape index (κ1) is 10.6. The quantitative estimate of drug-likeness (QED) is 0.764. The lowest BCUT2D eigenvalue weighted by Gasteiger charge is -2.08. The Morgan fingerprint density at radius 1 is 1.57 bits per heavy atom. The van der Waals surface area contributed by atoms with Gasteiger partial charge in [0.25, 0.3) is 0 Å². The van der Waals surface area contributed by atoms with Crippen LogP contribution in [0, 0.1) is 11.3 Å². The highest BCUT2D eigenvalue weighted by Crippen LogP contribution is 2.24. The molecule has 3 N–H and O–H groups in total. The minimum atomic E-state index is -0.744. The van der Waals surface area contributed by atoms with E-state index in [4.69, 9.17) is 11.0 Å². The molecule has 1 aromatic rings. The average Bonchev–Trinajstić information content (AvgIpc) is 2.20. The SMILES string of the molecule is CCCc1ccc(O)c(C(N)C#N)c1. The van der Waals surface area contributed by atoms with Crippen molar-refractivity contribution in [2.24, 2.45) is 5.73 Å². The summed E-state index contributed by atoms with van der Waals surface area (Å²) in [6.07, 6.45) is 1.97. The van der Waals surface area contributed by atoms with E-state index < -0.39 is 6.04 Å². The minimum absolute atomic E-state index is 0.0962. The van der Waals surface area contributed by atoms with Gasteiger partial charge in [0.05, 0.1) is 6.07 Å². The maximum Gasteiger partial charge on any atom is 0.122 e. The van der Waals surface area contributed by atoms with Gasteiger partial charge in [-0.2, -0.15) is 5.26 Å². The number of aromatic hydroxyl groups is 1. The molecule has 0 fully saturated rings. The molecule has 0 saturated carbocycles. The second kappa shape index (κ2) is 4.64. The molecule has 1 rings (SSSR count). The zero-order valence-corrected chi connectivity index (χ0v) is 8.20. The number of hydrogen-bond donors (Lipinski definition) is 2. The van der Waals surface area contributed by atoms with Crippen LogP contribution in [0.3, 0.4) is 0 Å². The first-order chi connectivity index (χ1) is 6.69. The van der Waals surface area contributed by atoms with E-state index in [-0.39, 0.29) is 5.75 Å². The average molecular weight is 190 g/mol. The van der Waals surface area contributed by atoms with Crippen LogP contribution in [0.4, 0.5) is 0 Å². The van der Waals surface area contributed by atoms with E-state index in [2.05, 4.69) is 6.92 Å². The van der Waals surface area contributed by atoms with Crippen molar-refractivity contribution in [1.82, 2.24) is 0 Å². The van der Waals surface area contributed by atoms with Crippen molar-refractivity contribution < 1.29 is 5.11 Å². The number of hydrogen-bond acceptors (Lipinski definition) is 3. The summed E-state index contributed by atoms with van der Waals surface area (Å²) < 4.78 is 0. The number of aryl methyl sites for hydroxylation is 1. The van der Waals surface area contributed by atoms with E-state index >= 15 is 0 Å². The molecule has 0 radical (unpaired) electrons. The largest absolute Gasteiger partial charge is 0.508 e. The van der Waals surface area contributed by atoms with Gasteiger partial charge >= 0.3 is 0 Å². The number of phenolic OH excluding ortho intramolecular Hbond substituents is 1. The Hall–Kier alpha value is -1.53. The zero-order valence-electron chi connectivity index (χ0n) is 8.20. The molecule has 74 valence electrons. The summed E-state index contributed by atoms with van der Waals surface area (Å²) >= 11 is 0. The van der Waals surface area contributed by atoms with Crippen LogP contribution in [-0.2, 0) is 6.42 Å². The molecule has 0 aromatic heterocycles. The van der Waals surface area contributed by atoms with E-state index in [9.17, 15) is 5.11 Å². The number of rotatable bonds is 3. The molecule has 3 nitrogen and oxygen atoms in total. The van der Waals surface area contributed by atoms with Crippen molar-refractivity contribution in [3.05, 3.63) is 29.3 Å². The van der Waals surface area contributed by atoms with E-state index in [1.165, 1.54) is 0 Å². The predicted octanol–water partition coefficient (Wildman–Crippen LogP) is 1.87. The Morgan fingerprint density at radius 3 is 2.86 bits per heavy atom. The van der Waals surface area contributed by atoms with Gasteiger partial charge in [-0.05, 0) is 24.1 Å². The topological polar surface area (TPSA) is 70.0 Å². The Balaban J connectivity index is 3.03. The fourth-order valence-corrected chi connectivity index (χ4v) is 1.37. The van der Waals surface area contributed by atoms with Crippen LogP contribution in [0.1, 0.15) is 30.5 Å². The van der Waals surface area contributed by atoms with Crippen LogP contribution in [0.2, 0.25) is 0 Å². The number of phenols is 1. The standard InChI is InChI=1S/C11H14N2O/c1-2-3-8-4-5-11(14)9(6-8)10(13)7-12/h4-6,10,14H,2-3,13H2,1H3. The van der Waals surface area contributed by atoms with Gasteiger partial charge < -0.3 is 10.8 Å². The van der Waals surface area contributed by atoms with Gasteiger partial charge in [-0.25, -0.2) is 0 Å². The summed E-state index contributed by atoms with van der Waals surface area (Å²) in [4.78, 5) is 0. The summed E-state index contributed by atoms with van der Waals surface area (Å²) in [6.45, 7) is 2.08. The maximum atomic E-state index is 9.47. The lowest BCUT2D eigenvalue weighted by atomic mass is 10.0. The molecular formula is C11H14N2O. The molecule has 0 aliphatic carbocycles. The molecule has 3 heteroatoms. The predicted molar refractivity (Wildman–Crippen MR) is 54.6 cm³/mol. The second-order valence-corrected chi connectivity index (χ2v) is 3.25. The molecule has 0 aliphatic rings. The summed E-state index contributed by atoms with van der Waals surface area (Å²) in [5.41, 5.74) is 7.15. The fraction of sp³-hybridized carbons (Fsp3) is 0.364. The molecule has 0 saturated heterocycles. The summed E-state index contributed by atoms with van der Waals surface area (Å²) in [5, 5.41) is 18.1. The van der Waals surface area contributed by atoms with Gasteiger partial charge in [-0.15, -0.1) is 0 Å². The van der Waals surface area contributed by atoms with Crippen molar-refractivity contribution in [2.75, 3.05) is 0 Å². The highest BCUT2D eigenvalue weighted by atomic mass is 16.3. The first-order valence-electron chi connectivity index (χ1n) is 4.66. The van der Waals surface area contributed by atoms with Gasteiger partial charge in [0.2, 0.25) is 0 Å². The lowest BCUT2D eigenvalue weighted by Crippen LogP contribution is -2.07. The van der Waals surface area contributed by atoms with Crippen molar-refractivity contribution in [3.63, 3.8) is 0 Å². The van der Waals surface area contributed by atoms with Crippen LogP contribution in [0.5, 0.6) is 5.75 Å². The molecule has 0 aliphatic heterocycles. The number of nitrogens with two attached hydrogens (primary N) is 1. The fourth-order valence-electron chi connectivity index (χ4n) is 1.37. The molecule has 1 aromatic carbocycles. The zero-order chi connectivity index (χ0) is 10.6. The monoisotopic (exact) mass is 190 g/mol. The summed E-state index contributed by atoms with van der Waals surface area (Å²) in [6, 6.07) is 6.41. The van der Waals surface area contributed by atoms with Crippen LogP contribution < -0.4 is 5.73 Å². The molecule has 0 spiro atoms. The molecule has 1 unspecified atom stereocenters. The van der Waals surface area contributed by atoms with E-state index in [0.29, 0.717) is 5.56 Å². The maximum absolute atomic E-state index is 9.47. The molecule has 0 heterocycles. The third kappa shape index (κ3) is 2.24. The van der Waals surface area contributed by atoms with Crippen molar-refractivity contribution in [2.45, 2.75) is 25.8 Å². The van der Waals surface area contributed by atoms with Crippen LogP contribution in [-0.4, -0.2) is 5.11 Å².